The van der Waals surface area contributed by atoms with Crippen molar-refractivity contribution in [3.8, 4) is 10.7 Å². The maximum Gasteiger partial charge on any atom is 0.178 e. The Hall–Kier alpha value is -1.82. The molecule has 0 aliphatic carbocycles. The van der Waals surface area contributed by atoms with Gasteiger partial charge >= 0.3 is 0 Å². The first-order chi connectivity index (χ1) is 8.28. The number of aromatic nitrogens is 5. The molecule has 0 spiro atoms. The minimum atomic E-state index is 0.746. The third-order valence-electron chi connectivity index (χ3n) is 2.59. The van der Waals surface area contributed by atoms with E-state index in [-0.39, 0.29) is 0 Å². The lowest BCUT2D eigenvalue weighted by Crippen LogP contribution is -1.85. The van der Waals surface area contributed by atoms with Gasteiger partial charge < -0.3 is 4.98 Å². The highest BCUT2D eigenvalue weighted by atomic mass is 32.1. The fourth-order valence-electron chi connectivity index (χ4n) is 1.71. The topological polar surface area (TPSA) is 67.3 Å². The molecule has 0 bridgehead atoms. The van der Waals surface area contributed by atoms with E-state index in [0.29, 0.717) is 0 Å². The molecule has 86 valence electrons. The average Bonchev–Trinajstić information content (AvgIpc) is 2.93. The molecule has 0 saturated heterocycles. The lowest BCUT2D eigenvalue weighted by atomic mass is 10.3. The molecule has 1 N–H and O–H groups in total. The molecule has 0 unspecified atom stereocenters. The maximum atomic E-state index is 4.49. The van der Waals surface area contributed by atoms with Crippen molar-refractivity contribution in [3.05, 3.63) is 23.5 Å². The van der Waals surface area contributed by atoms with E-state index in [2.05, 4.69) is 31.5 Å². The number of nitrogens with one attached hydrogen (secondary N) is 1. The van der Waals surface area contributed by atoms with E-state index in [1.54, 1.807) is 0 Å². The maximum absolute atomic E-state index is 4.49. The Balaban J connectivity index is 2.18. The SMILES string of the molecule is CCc1nnsc1-c1nc2nc(C)ccc2[nH]1. The van der Waals surface area contributed by atoms with Crippen LogP contribution in [0, 0.1) is 6.92 Å². The van der Waals surface area contributed by atoms with Gasteiger partial charge in [-0.3, -0.25) is 0 Å². The first-order valence-electron chi connectivity index (χ1n) is 5.43. The number of nitrogens with zero attached hydrogens (tertiary/aromatic N) is 4. The highest BCUT2D eigenvalue weighted by molar-refractivity contribution is 7.09. The third-order valence-corrected chi connectivity index (χ3v) is 3.37. The van der Waals surface area contributed by atoms with Gasteiger partial charge in [0.25, 0.3) is 0 Å². The van der Waals surface area contributed by atoms with Crippen LogP contribution in [-0.2, 0) is 6.42 Å². The molecule has 6 heteroatoms. The summed E-state index contributed by atoms with van der Waals surface area (Å²) in [4.78, 5) is 13.1. The van der Waals surface area contributed by atoms with Gasteiger partial charge in [-0.25, -0.2) is 9.97 Å². The quantitative estimate of drug-likeness (QED) is 0.752. The van der Waals surface area contributed by atoms with Crippen LogP contribution in [0.4, 0.5) is 0 Å². The molecule has 17 heavy (non-hydrogen) atoms. The Morgan fingerprint density at radius 2 is 2.18 bits per heavy atom. The predicted octanol–water partition coefficient (Wildman–Crippen LogP) is 2.35. The van der Waals surface area contributed by atoms with Gasteiger partial charge in [-0.15, -0.1) is 5.10 Å². The lowest BCUT2D eigenvalue weighted by Gasteiger charge is -1.91. The number of imidazole rings is 1. The summed E-state index contributed by atoms with van der Waals surface area (Å²) < 4.78 is 3.97. The van der Waals surface area contributed by atoms with Gasteiger partial charge in [0.15, 0.2) is 11.5 Å². The number of H-pyrrole nitrogens is 1. The van der Waals surface area contributed by atoms with Crippen LogP contribution in [0.15, 0.2) is 12.1 Å². The van der Waals surface area contributed by atoms with Crippen molar-refractivity contribution in [1.82, 2.24) is 24.5 Å². The summed E-state index contributed by atoms with van der Waals surface area (Å²) in [5, 5.41) is 4.09. The normalized spacial score (nSPS) is 11.2. The average molecular weight is 245 g/mol. The summed E-state index contributed by atoms with van der Waals surface area (Å²) in [6.07, 6.45) is 0.856. The highest BCUT2D eigenvalue weighted by Gasteiger charge is 2.13. The van der Waals surface area contributed by atoms with Gasteiger partial charge in [-0.1, -0.05) is 11.4 Å². The van der Waals surface area contributed by atoms with Gasteiger partial charge in [-0.05, 0) is 37.0 Å². The van der Waals surface area contributed by atoms with E-state index >= 15 is 0 Å². The van der Waals surface area contributed by atoms with Crippen molar-refractivity contribution in [1.29, 1.82) is 0 Å². The van der Waals surface area contributed by atoms with E-state index < -0.39 is 0 Å². The molecular weight excluding hydrogens is 234 g/mol. The minimum Gasteiger partial charge on any atom is -0.336 e. The van der Waals surface area contributed by atoms with E-state index in [0.717, 1.165) is 39.7 Å². The molecule has 0 fully saturated rings. The molecule has 3 rings (SSSR count). The fraction of sp³-hybridized carbons (Fsp3) is 0.273. The van der Waals surface area contributed by atoms with Crippen LogP contribution >= 0.6 is 11.5 Å². The Labute approximate surface area is 102 Å². The van der Waals surface area contributed by atoms with Crippen molar-refractivity contribution >= 4 is 22.7 Å². The monoisotopic (exact) mass is 245 g/mol. The third kappa shape index (κ3) is 1.70. The fourth-order valence-corrected chi connectivity index (χ4v) is 2.41. The summed E-state index contributed by atoms with van der Waals surface area (Å²) in [5.74, 6) is 0.810. The van der Waals surface area contributed by atoms with Crippen LogP contribution in [0.2, 0.25) is 0 Å². The zero-order chi connectivity index (χ0) is 11.8. The summed E-state index contributed by atoms with van der Waals surface area (Å²) >= 11 is 1.36. The summed E-state index contributed by atoms with van der Waals surface area (Å²) in [6, 6.07) is 3.96. The molecule has 0 saturated carbocycles. The van der Waals surface area contributed by atoms with Crippen molar-refractivity contribution in [2.75, 3.05) is 0 Å². The molecule has 5 nitrogen and oxygen atoms in total. The molecule has 3 heterocycles. The highest BCUT2D eigenvalue weighted by Crippen LogP contribution is 2.25. The number of pyridine rings is 1. The number of fused-ring (bicyclic) bond motifs is 1. The number of hydrogen-bond donors (Lipinski definition) is 1. The van der Waals surface area contributed by atoms with Crippen molar-refractivity contribution < 1.29 is 0 Å². The first-order valence-corrected chi connectivity index (χ1v) is 6.20. The Kier molecular flexibility index (Phi) is 2.36. The van der Waals surface area contributed by atoms with Crippen LogP contribution < -0.4 is 0 Å². The zero-order valence-electron chi connectivity index (χ0n) is 9.56. The molecule has 0 radical (unpaired) electrons. The predicted molar refractivity (Wildman–Crippen MR) is 66.9 cm³/mol. The Morgan fingerprint density at radius 1 is 1.29 bits per heavy atom. The van der Waals surface area contributed by atoms with Crippen LogP contribution in [0.25, 0.3) is 21.9 Å². The summed E-state index contributed by atoms with van der Waals surface area (Å²) in [5.41, 5.74) is 3.64. The molecule has 0 atom stereocenters. The lowest BCUT2D eigenvalue weighted by molar-refractivity contribution is 0.990. The Morgan fingerprint density at radius 3 is 3.00 bits per heavy atom. The molecule has 3 aromatic rings. The molecular formula is C11H11N5S. The second-order valence-electron chi connectivity index (χ2n) is 3.81. The second kappa shape index (κ2) is 3.89. The molecule has 3 aromatic heterocycles. The van der Waals surface area contributed by atoms with E-state index in [1.165, 1.54) is 11.5 Å². The minimum absolute atomic E-state index is 0.746. The smallest absolute Gasteiger partial charge is 0.178 e. The summed E-state index contributed by atoms with van der Waals surface area (Å²) in [6.45, 7) is 4.02. The Bertz CT molecular complexity index is 669. The van der Waals surface area contributed by atoms with Gasteiger partial charge in [0, 0.05) is 5.69 Å². The number of hydrogen-bond acceptors (Lipinski definition) is 5. The standard InChI is InChI=1S/C11H11N5S/c1-3-7-9(17-16-15-7)11-13-8-5-4-6(2)12-10(8)14-11/h4-5H,3H2,1-2H3,(H,12,13,14). The van der Waals surface area contributed by atoms with E-state index in [4.69, 9.17) is 0 Å². The van der Waals surface area contributed by atoms with Crippen molar-refractivity contribution in [3.63, 3.8) is 0 Å². The largest absolute Gasteiger partial charge is 0.336 e. The van der Waals surface area contributed by atoms with Crippen LogP contribution in [0.3, 0.4) is 0 Å². The van der Waals surface area contributed by atoms with Gasteiger partial charge in [0.05, 0.1) is 11.2 Å². The second-order valence-corrected chi connectivity index (χ2v) is 4.57. The van der Waals surface area contributed by atoms with Gasteiger partial charge in [0.2, 0.25) is 0 Å². The van der Waals surface area contributed by atoms with Crippen LogP contribution in [0.5, 0.6) is 0 Å². The van der Waals surface area contributed by atoms with Crippen LogP contribution in [0.1, 0.15) is 18.3 Å². The number of rotatable bonds is 2. The van der Waals surface area contributed by atoms with E-state index in [1.807, 2.05) is 19.1 Å². The first kappa shape index (κ1) is 10.3. The molecule has 0 aliphatic rings. The molecule has 0 aliphatic heterocycles. The zero-order valence-corrected chi connectivity index (χ0v) is 10.4. The number of aryl methyl sites for hydroxylation is 2. The van der Waals surface area contributed by atoms with Gasteiger partial charge in [-0.2, -0.15) is 0 Å². The number of aromatic amines is 1. The van der Waals surface area contributed by atoms with Crippen LogP contribution in [-0.4, -0.2) is 24.5 Å². The summed E-state index contributed by atoms with van der Waals surface area (Å²) in [7, 11) is 0. The van der Waals surface area contributed by atoms with Crippen molar-refractivity contribution in [2.24, 2.45) is 0 Å². The molecule has 0 aromatic carbocycles. The van der Waals surface area contributed by atoms with E-state index in [9.17, 15) is 0 Å². The van der Waals surface area contributed by atoms with Gasteiger partial charge in [0.1, 0.15) is 4.88 Å². The molecule has 0 amide bonds. The van der Waals surface area contributed by atoms with Crippen molar-refractivity contribution in [2.45, 2.75) is 20.3 Å².